The van der Waals surface area contributed by atoms with E-state index in [0.717, 1.165) is 11.1 Å². The molecule has 0 aliphatic carbocycles. The van der Waals surface area contributed by atoms with Crippen molar-refractivity contribution in [3.63, 3.8) is 0 Å². The van der Waals surface area contributed by atoms with Gasteiger partial charge < -0.3 is 34.6 Å². The van der Waals surface area contributed by atoms with E-state index in [-0.39, 0.29) is 30.7 Å². The Morgan fingerprint density at radius 2 is 1.93 bits per heavy atom. The van der Waals surface area contributed by atoms with E-state index in [2.05, 4.69) is 15.2 Å². The van der Waals surface area contributed by atoms with Gasteiger partial charge in [-0.25, -0.2) is 9.78 Å². The number of benzene rings is 1. The van der Waals surface area contributed by atoms with E-state index in [1.807, 2.05) is 24.0 Å². The van der Waals surface area contributed by atoms with E-state index in [9.17, 15) is 29.8 Å². The van der Waals surface area contributed by atoms with Crippen molar-refractivity contribution in [1.29, 1.82) is 0 Å². The van der Waals surface area contributed by atoms with Gasteiger partial charge in [0.05, 0.1) is 32.9 Å². The first-order chi connectivity index (χ1) is 19.0. The molecule has 13 heteroatoms. The van der Waals surface area contributed by atoms with Crippen LogP contribution in [0.15, 0.2) is 35.8 Å². The standard InChI is InChI=1S/C27H34N4O9/c1-15-7-19(26(36)40-29-37)24(28-9-15)30-10-18(11-30)39-23-8-17(5-6-22(23)38-4)20-12-31(25(35)21(34)13-32)14-27(20,3)16(2)33/h5-9,16,18,20-21,32-34H,10-14H2,1-4H3/t16?,20-,21-,27-/m0/s1. The average Bonchev–Trinajstić information content (AvgIpc) is 3.28. The van der Waals surface area contributed by atoms with Gasteiger partial charge in [-0.05, 0) is 43.2 Å². The van der Waals surface area contributed by atoms with Gasteiger partial charge in [-0.15, -0.1) is 4.91 Å². The number of carbonyl (C=O) groups is 2. The van der Waals surface area contributed by atoms with E-state index < -0.39 is 36.1 Å². The van der Waals surface area contributed by atoms with Gasteiger partial charge >= 0.3 is 5.97 Å². The second-order valence-corrected chi connectivity index (χ2v) is 10.5. The second-order valence-electron chi connectivity index (χ2n) is 10.5. The third kappa shape index (κ3) is 5.58. The summed E-state index contributed by atoms with van der Waals surface area (Å²) in [6.45, 7) is 5.88. The molecule has 3 N–H and O–H groups in total. The summed E-state index contributed by atoms with van der Waals surface area (Å²) in [6, 6.07) is 7.02. The Hall–Kier alpha value is -3.81. The molecule has 2 aliphatic heterocycles. The maximum atomic E-state index is 12.6. The first kappa shape index (κ1) is 29.2. The molecule has 13 nitrogen and oxygen atoms in total. The summed E-state index contributed by atoms with van der Waals surface area (Å²) in [5.41, 5.74) is 0.943. The molecule has 216 valence electrons. The van der Waals surface area contributed by atoms with E-state index >= 15 is 0 Å². The van der Waals surface area contributed by atoms with Crippen LogP contribution in [0.25, 0.3) is 0 Å². The molecule has 2 saturated heterocycles. The Balaban J connectivity index is 1.53. The van der Waals surface area contributed by atoms with Gasteiger partial charge in [-0.2, -0.15) is 0 Å². The maximum Gasteiger partial charge on any atom is 0.373 e. The summed E-state index contributed by atoms with van der Waals surface area (Å²) in [5.74, 6) is -0.444. The van der Waals surface area contributed by atoms with Gasteiger partial charge in [0.2, 0.25) is 0 Å². The van der Waals surface area contributed by atoms with Crippen LogP contribution in [0.3, 0.4) is 0 Å². The number of likely N-dealkylation sites (tertiary alicyclic amines) is 1. The van der Waals surface area contributed by atoms with Gasteiger partial charge in [-0.1, -0.05) is 13.0 Å². The molecular formula is C27H34N4O9. The van der Waals surface area contributed by atoms with Gasteiger partial charge in [0.1, 0.15) is 17.5 Å². The highest BCUT2D eigenvalue weighted by atomic mass is 16.7. The van der Waals surface area contributed by atoms with Crippen molar-refractivity contribution in [2.75, 3.05) is 44.8 Å². The summed E-state index contributed by atoms with van der Waals surface area (Å²) in [7, 11) is 1.52. The summed E-state index contributed by atoms with van der Waals surface area (Å²) in [4.78, 5) is 47.2. The zero-order chi connectivity index (χ0) is 29.2. The predicted octanol–water partition coefficient (Wildman–Crippen LogP) is 1.17. The lowest BCUT2D eigenvalue weighted by molar-refractivity contribution is -0.141. The lowest BCUT2D eigenvalue weighted by Crippen LogP contribution is -2.54. The summed E-state index contributed by atoms with van der Waals surface area (Å²) >= 11 is 0. The molecule has 4 rings (SSSR count). The minimum absolute atomic E-state index is 0.127. The lowest BCUT2D eigenvalue weighted by atomic mass is 9.72. The molecular weight excluding hydrogens is 524 g/mol. The monoisotopic (exact) mass is 558 g/mol. The van der Waals surface area contributed by atoms with E-state index in [0.29, 0.717) is 30.4 Å². The van der Waals surface area contributed by atoms with Crippen molar-refractivity contribution < 1.29 is 39.2 Å². The molecule has 0 radical (unpaired) electrons. The van der Waals surface area contributed by atoms with Crippen molar-refractivity contribution >= 4 is 17.7 Å². The van der Waals surface area contributed by atoms with Crippen LogP contribution in [-0.2, 0) is 9.63 Å². The molecule has 40 heavy (non-hydrogen) atoms. The molecule has 1 aromatic heterocycles. The number of pyridine rings is 1. The highest BCUT2D eigenvalue weighted by Gasteiger charge is 2.49. The number of aromatic nitrogens is 1. The molecule has 4 atom stereocenters. The number of amides is 1. The largest absolute Gasteiger partial charge is 0.493 e. The SMILES string of the molecule is COc1ccc([C@@H]2CN(C(=O)[C@@H](O)CO)C[C@@]2(C)C(C)O)cc1OC1CN(c2ncc(C)cc2C(=O)ON=O)C1. The summed E-state index contributed by atoms with van der Waals surface area (Å²) < 4.78 is 11.8. The maximum absolute atomic E-state index is 12.6. The minimum Gasteiger partial charge on any atom is -0.493 e. The second kappa shape index (κ2) is 11.7. The molecule has 1 unspecified atom stereocenters. The highest BCUT2D eigenvalue weighted by molar-refractivity contribution is 5.95. The summed E-state index contributed by atoms with van der Waals surface area (Å²) in [6.07, 6.45) is -0.959. The highest BCUT2D eigenvalue weighted by Crippen LogP contribution is 2.47. The van der Waals surface area contributed by atoms with Crippen LogP contribution in [0.5, 0.6) is 11.5 Å². The van der Waals surface area contributed by atoms with E-state index in [4.69, 9.17) is 9.47 Å². The topological polar surface area (TPSA) is 171 Å². The van der Waals surface area contributed by atoms with Crippen molar-refractivity contribution in [1.82, 2.24) is 9.88 Å². The number of hydrogen-bond acceptors (Lipinski definition) is 12. The first-order valence-corrected chi connectivity index (χ1v) is 12.9. The zero-order valence-corrected chi connectivity index (χ0v) is 22.8. The van der Waals surface area contributed by atoms with E-state index in [1.54, 1.807) is 32.2 Å². The number of hydrogen-bond donors (Lipinski definition) is 3. The quantitative estimate of drug-likeness (QED) is 0.282. The number of carbonyl (C=O) groups excluding carboxylic acids is 2. The van der Waals surface area contributed by atoms with Gasteiger partial charge in [0.15, 0.2) is 22.9 Å². The van der Waals surface area contributed by atoms with Crippen molar-refractivity contribution in [3.8, 4) is 11.5 Å². The molecule has 2 aliphatic rings. The minimum atomic E-state index is -1.52. The van der Waals surface area contributed by atoms with Crippen LogP contribution in [-0.4, -0.2) is 95.3 Å². The van der Waals surface area contributed by atoms with Gasteiger partial charge in [0, 0.05) is 30.6 Å². The van der Waals surface area contributed by atoms with Crippen LogP contribution in [0.2, 0.25) is 0 Å². The molecule has 0 saturated carbocycles. The number of ether oxygens (including phenoxy) is 2. The Bertz CT molecular complexity index is 1270. The number of aliphatic hydroxyl groups excluding tert-OH is 3. The third-order valence-electron chi connectivity index (χ3n) is 7.83. The number of anilines is 1. The van der Waals surface area contributed by atoms with Crippen molar-refractivity contribution in [3.05, 3.63) is 52.1 Å². The van der Waals surface area contributed by atoms with Crippen LogP contribution in [0, 0.1) is 17.2 Å². The fraction of sp³-hybridized carbons (Fsp3) is 0.519. The van der Waals surface area contributed by atoms with Crippen molar-refractivity contribution in [2.45, 2.75) is 45.0 Å². The van der Waals surface area contributed by atoms with Crippen LogP contribution >= 0.6 is 0 Å². The first-order valence-electron chi connectivity index (χ1n) is 12.9. The Morgan fingerprint density at radius 1 is 1.20 bits per heavy atom. The zero-order valence-electron chi connectivity index (χ0n) is 22.8. The fourth-order valence-corrected chi connectivity index (χ4v) is 5.30. The molecule has 2 fully saturated rings. The molecule has 3 heterocycles. The molecule has 1 aromatic carbocycles. The Labute approximate surface area is 231 Å². The van der Waals surface area contributed by atoms with Crippen LogP contribution in [0.4, 0.5) is 5.82 Å². The number of methoxy groups -OCH3 is 1. The predicted molar refractivity (Wildman–Crippen MR) is 142 cm³/mol. The molecule has 0 spiro atoms. The Morgan fingerprint density at radius 3 is 2.55 bits per heavy atom. The molecule has 0 bridgehead atoms. The van der Waals surface area contributed by atoms with Gasteiger partial charge in [-0.3, -0.25) is 9.63 Å². The number of nitrogens with zero attached hydrogens (tertiary/aromatic N) is 4. The normalized spacial score (nSPS) is 22.3. The molecule has 1 amide bonds. The van der Waals surface area contributed by atoms with Gasteiger partial charge in [0.25, 0.3) is 5.91 Å². The third-order valence-corrected chi connectivity index (χ3v) is 7.83. The number of aliphatic hydroxyl groups is 3. The number of rotatable bonds is 10. The van der Waals surface area contributed by atoms with Crippen LogP contribution in [0.1, 0.15) is 41.3 Å². The smallest absolute Gasteiger partial charge is 0.373 e. The average molecular weight is 559 g/mol. The van der Waals surface area contributed by atoms with E-state index in [1.165, 1.54) is 12.0 Å². The van der Waals surface area contributed by atoms with Crippen molar-refractivity contribution in [2.24, 2.45) is 10.8 Å². The number of aryl methyl sites for hydroxylation is 1. The molecule has 2 aromatic rings. The Kier molecular flexibility index (Phi) is 8.57. The fourth-order valence-electron chi connectivity index (χ4n) is 5.30. The van der Waals surface area contributed by atoms with Crippen LogP contribution < -0.4 is 14.4 Å². The lowest BCUT2D eigenvalue weighted by Gasteiger charge is -2.40. The summed E-state index contributed by atoms with van der Waals surface area (Å²) in [5, 5.41) is 32.0.